The van der Waals surface area contributed by atoms with E-state index in [2.05, 4.69) is 5.32 Å². The van der Waals surface area contributed by atoms with Gasteiger partial charge in [0.1, 0.15) is 12.4 Å². The fourth-order valence-electron chi connectivity index (χ4n) is 1.60. The van der Waals surface area contributed by atoms with Crippen molar-refractivity contribution in [1.29, 1.82) is 0 Å². The molecule has 0 amide bonds. The summed E-state index contributed by atoms with van der Waals surface area (Å²) in [5, 5.41) is 3.06. The van der Waals surface area contributed by atoms with E-state index >= 15 is 0 Å². The molecule has 0 radical (unpaired) electrons. The van der Waals surface area contributed by atoms with Crippen LogP contribution in [0.1, 0.15) is 23.6 Å². The normalized spacial score (nSPS) is 18.3. The van der Waals surface area contributed by atoms with Crippen LogP contribution in [0.25, 0.3) is 0 Å². The van der Waals surface area contributed by atoms with E-state index in [1.54, 1.807) is 6.07 Å². The Bertz CT molecular complexity index is 346. The third kappa shape index (κ3) is 2.21. The van der Waals surface area contributed by atoms with Crippen LogP contribution in [0.2, 0.25) is 0 Å². The second kappa shape index (κ2) is 4.77. The monoisotopic (exact) mass is 235 g/mol. The van der Waals surface area contributed by atoms with Gasteiger partial charge < -0.3 is 10.1 Å². The first kappa shape index (κ1) is 12.2. The summed E-state index contributed by atoms with van der Waals surface area (Å²) >= 11 is 0. The van der Waals surface area contributed by atoms with Crippen LogP contribution < -0.4 is 10.1 Å². The molecule has 0 spiro atoms. The number of hydrogen-bond donors (Lipinski definition) is 1. The van der Waals surface area contributed by atoms with Crippen molar-refractivity contribution in [2.75, 3.05) is 13.7 Å². The van der Waals surface area contributed by atoms with Gasteiger partial charge in [0.2, 0.25) is 0 Å². The van der Waals surface area contributed by atoms with Crippen molar-refractivity contribution in [3.8, 4) is 5.75 Å². The molecule has 5 heteroatoms. The Morgan fingerprint density at radius 3 is 2.80 bits per heavy atom. The zero-order chi connectivity index (χ0) is 10.1. The van der Waals surface area contributed by atoms with Gasteiger partial charge in [-0.3, -0.25) is 0 Å². The summed E-state index contributed by atoms with van der Waals surface area (Å²) in [5.41, 5.74) is 0.970. The summed E-state index contributed by atoms with van der Waals surface area (Å²) in [7, 11) is 1.82. The van der Waals surface area contributed by atoms with Crippen LogP contribution in [0, 0.1) is 0 Å². The highest BCUT2D eigenvalue weighted by Gasteiger charge is 2.23. The topological polar surface area (TPSA) is 21.3 Å². The van der Waals surface area contributed by atoms with E-state index in [0.717, 1.165) is 5.56 Å². The molecule has 2 nitrogen and oxygen atoms in total. The summed E-state index contributed by atoms with van der Waals surface area (Å²) in [4.78, 5) is 0. The first-order valence-electron chi connectivity index (χ1n) is 4.44. The zero-order valence-electron chi connectivity index (χ0n) is 8.17. The van der Waals surface area contributed by atoms with Crippen LogP contribution in [0.3, 0.4) is 0 Å². The van der Waals surface area contributed by atoms with Gasteiger partial charge in [-0.25, -0.2) is 8.78 Å². The molecule has 0 aliphatic carbocycles. The van der Waals surface area contributed by atoms with E-state index in [9.17, 15) is 8.78 Å². The van der Waals surface area contributed by atoms with Crippen molar-refractivity contribution in [3.05, 3.63) is 29.3 Å². The van der Waals surface area contributed by atoms with Gasteiger partial charge in [0, 0.05) is 11.1 Å². The first-order valence-corrected chi connectivity index (χ1v) is 4.44. The molecule has 0 fully saturated rings. The molecule has 15 heavy (non-hydrogen) atoms. The molecule has 1 aromatic rings. The summed E-state index contributed by atoms with van der Waals surface area (Å²) in [5.74, 6) is 0.571. The highest BCUT2D eigenvalue weighted by Crippen LogP contribution is 2.34. The predicted octanol–water partition coefficient (Wildman–Crippen LogP) is 2.70. The van der Waals surface area contributed by atoms with E-state index in [-0.39, 0.29) is 24.0 Å². The number of fused-ring (bicyclic) bond motifs is 1. The summed E-state index contributed by atoms with van der Waals surface area (Å²) in [6.45, 7) is 0.512. The van der Waals surface area contributed by atoms with Crippen LogP contribution in [-0.2, 0) is 0 Å². The third-order valence-electron chi connectivity index (χ3n) is 2.42. The quantitative estimate of drug-likeness (QED) is 0.851. The summed E-state index contributed by atoms with van der Waals surface area (Å²) in [6, 6.07) is 4.68. The zero-order valence-corrected chi connectivity index (χ0v) is 8.98. The van der Waals surface area contributed by atoms with Gasteiger partial charge in [-0.2, -0.15) is 0 Å². The average Bonchev–Trinajstić information content (AvgIpc) is 2.59. The van der Waals surface area contributed by atoms with Crippen molar-refractivity contribution in [2.45, 2.75) is 12.5 Å². The van der Waals surface area contributed by atoms with Crippen molar-refractivity contribution in [2.24, 2.45) is 0 Å². The number of halogens is 3. The molecule has 0 bridgehead atoms. The molecule has 0 saturated heterocycles. The molecule has 1 heterocycles. The molecular weight excluding hydrogens is 224 g/mol. The lowest BCUT2D eigenvalue weighted by atomic mass is 10.1. The fourth-order valence-corrected chi connectivity index (χ4v) is 1.60. The van der Waals surface area contributed by atoms with Crippen LogP contribution >= 0.6 is 12.4 Å². The Morgan fingerprint density at radius 2 is 2.20 bits per heavy atom. The number of nitrogens with one attached hydrogen (secondary N) is 1. The fraction of sp³-hybridized carbons (Fsp3) is 0.400. The molecule has 1 aliphatic rings. The Balaban J connectivity index is 0.00000112. The molecule has 84 valence electrons. The van der Waals surface area contributed by atoms with Crippen LogP contribution in [0.4, 0.5) is 8.78 Å². The van der Waals surface area contributed by atoms with Crippen LogP contribution in [-0.4, -0.2) is 13.7 Å². The minimum atomic E-state index is -2.43. The van der Waals surface area contributed by atoms with E-state index in [4.69, 9.17) is 4.74 Å². The lowest BCUT2D eigenvalue weighted by molar-refractivity contribution is 0.151. The smallest absolute Gasteiger partial charge is 0.263 e. The van der Waals surface area contributed by atoms with Crippen molar-refractivity contribution >= 4 is 12.4 Å². The highest BCUT2D eigenvalue weighted by molar-refractivity contribution is 5.85. The summed E-state index contributed by atoms with van der Waals surface area (Å²) in [6.07, 6.45) is -2.43. The Labute approximate surface area is 93.0 Å². The van der Waals surface area contributed by atoms with Gasteiger partial charge in [-0.15, -0.1) is 12.4 Å². The molecular formula is C10H12ClF2NO. The first-order chi connectivity index (χ1) is 6.72. The molecule has 0 unspecified atom stereocenters. The maximum absolute atomic E-state index is 12.3. The van der Waals surface area contributed by atoms with Gasteiger partial charge in [-0.05, 0) is 13.1 Å². The van der Waals surface area contributed by atoms with Gasteiger partial charge in [0.15, 0.2) is 0 Å². The van der Waals surface area contributed by atoms with E-state index < -0.39 is 6.43 Å². The molecule has 0 saturated carbocycles. The van der Waals surface area contributed by atoms with E-state index in [1.165, 1.54) is 12.1 Å². The van der Waals surface area contributed by atoms with Gasteiger partial charge in [0.25, 0.3) is 6.43 Å². The Hall–Kier alpha value is -0.870. The number of likely N-dealkylation sites (N-methyl/N-ethyl adjacent to an activating group) is 1. The Morgan fingerprint density at radius 1 is 1.47 bits per heavy atom. The Kier molecular flexibility index (Phi) is 3.88. The number of hydrogen-bond acceptors (Lipinski definition) is 2. The average molecular weight is 236 g/mol. The van der Waals surface area contributed by atoms with Gasteiger partial charge in [0.05, 0.1) is 6.04 Å². The van der Waals surface area contributed by atoms with E-state index in [1.807, 2.05) is 7.05 Å². The van der Waals surface area contributed by atoms with Crippen molar-refractivity contribution in [1.82, 2.24) is 5.32 Å². The minimum Gasteiger partial charge on any atom is -0.491 e. The van der Waals surface area contributed by atoms with Crippen LogP contribution in [0.5, 0.6) is 5.75 Å². The molecule has 2 rings (SSSR count). The lowest BCUT2D eigenvalue weighted by Gasteiger charge is -2.06. The SMILES string of the molecule is CN[C@@H]1COc2cc(C(F)F)ccc21.Cl. The number of benzene rings is 1. The molecule has 1 atom stereocenters. The van der Waals surface area contributed by atoms with Gasteiger partial charge in [-0.1, -0.05) is 12.1 Å². The second-order valence-corrected chi connectivity index (χ2v) is 3.25. The standard InChI is InChI=1S/C10H11F2NO.ClH/c1-13-8-5-14-9-4-6(10(11)12)2-3-7(8)9;/h2-4,8,10,13H,5H2,1H3;1H/t8-;/m1./s1. The number of rotatable bonds is 2. The minimum absolute atomic E-state index is 0. The maximum atomic E-state index is 12.3. The highest BCUT2D eigenvalue weighted by atomic mass is 35.5. The molecule has 0 aromatic heterocycles. The predicted molar refractivity (Wildman–Crippen MR) is 55.9 cm³/mol. The van der Waals surface area contributed by atoms with Crippen molar-refractivity contribution < 1.29 is 13.5 Å². The number of ether oxygens (including phenoxy) is 1. The molecule has 1 aromatic carbocycles. The summed E-state index contributed by atoms with van der Waals surface area (Å²) < 4.78 is 30.0. The van der Waals surface area contributed by atoms with Crippen molar-refractivity contribution in [3.63, 3.8) is 0 Å². The number of alkyl halides is 2. The van der Waals surface area contributed by atoms with Gasteiger partial charge >= 0.3 is 0 Å². The largest absolute Gasteiger partial charge is 0.491 e. The third-order valence-corrected chi connectivity index (χ3v) is 2.42. The molecule has 1 aliphatic heterocycles. The maximum Gasteiger partial charge on any atom is 0.263 e. The van der Waals surface area contributed by atoms with Crippen LogP contribution in [0.15, 0.2) is 18.2 Å². The van der Waals surface area contributed by atoms with E-state index in [0.29, 0.717) is 12.4 Å². The molecule has 1 N–H and O–H groups in total. The second-order valence-electron chi connectivity index (χ2n) is 3.25. The lowest BCUT2D eigenvalue weighted by Crippen LogP contribution is -2.17.